The fourth-order valence-corrected chi connectivity index (χ4v) is 4.31. The molecule has 3 rings (SSSR count). The maximum atomic E-state index is 13.2. The highest BCUT2D eigenvalue weighted by molar-refractivity contribution is 5.77. The molecule has 156 valence electrons. The number of piperazine rings is 1. The molecule has 0 unspecified atom stereocenters. The maximum absolute atomic E-state index is 13.2. The Balaban J connectivity index is 1.43. The van der Waals surface area contributed by atoms with E-state index in [0.717, 1.165) is 52.0 Å². The molecule has 0 radical (unpaired) electrons. The zero-order chi connectivity index (χ0) is 20.1. The molecule has 2 saturated heterocycles. The predicted molar refractivity (Wildman–Crippen MR) is 105 cm³/mol. The average molecular weight is 397 g/mol. The third-order valence-electron chi connectivity index (χ3n) is 5.93. The summed E-state index contributed by atoms with van der Waals surface area (Å²) in [5, 5.41) is 0. The van der Waals surface area contributed by atoms with Crippen LogP contribution in [0.5, 0.6) is 0 Å². The van der Waals surface area contributed by atoms with Gasteiger partial charge >= 0.3 is 6.18 Å². The first-order valence-electron chi connectivity index (χ1n) is 10.2. The second-order valence-electron chi connectivity index (χ2n) is 8.05. The minimum atomic E-state index is -4.31. The molecule has 2 heterocycles. The Bertz CT molecular complexity index is 649. The van der Waals surface area contributed by atoms with Crippen LogP contribution in [0.4, 0.5) is 18.9 Å². The molecule has 1 aromatic carbocycles. The number of likely N-dealkylation sites (tertiary alicyclic amines) is 1. The van der Waals surface area contributed by atoms with Crippen molar-refractivity contribution >= 4 is 11.5 Å². The minimum Gasteiger partial charge on any atom is -0.368 e. The lowest BCUT2D eigenvalue weighted by Gasteiger charge is -2.38. The number of carbonyl (C=O) groups is 1. The number of para-hydroxylation sites is 1. The summed E-state index contributed by atoms with van der Waals surface area (Å²) in [6, 6.07) is 5.87. The number of piperidine rings is 1. The van der Waals surface area contributed by atoms with E-state index in [0.29, 0.717) is 31.2 Å². The van der Waals surface area contributed by atoms with Crippen LogP contribution in [0, 0.1) is 5.92 Å². The van der Waals surface area contributed by atoms with E-state index in [9.17, 15) is 18.0 Å². The van der Waals surface area contributed by atoms with Gasteiger partial charge in [-0.05, 0) is 63.9 Å². The Labute approximate surface area is 165 Å². The molecule has 28 heavy (non-hydrogen) atoms. The third-order valence-corrected chi connectivity index (χ3v) is 5.93. The number of hydrogen-bond donors (Lipinski definition) is 0. The molecule has 0 amide bonds. The van der Waals surface area contributed by atoms with Crippen LogP contribution in [0.1, 0.15) is 31.7 Å². The molecule has 0 bridgehead atoms. The highest BCUT2D eigenvalue weighted by Gasteiger charge is 2.35. The number of halogens is 3. The summed E-state index contributed by atoms with van der Waals surface area (Å²) in [6.07, 6.45) is -0.920. The molecule has 0 aliphatic carbocycles. The van der Waals surface area contributed by atoms with Gasteiger partial charge in [0.25, 0.3) is 0 Å². The molecule has 0 N–H and O–H groups in total. The van der Waals surface area contributed by atoms with E-state index in [1.165, 1.54) is 12.1 Å². The van der Waals surface area contributed by atoms with E-state index in [4.69, 9.17) is 0 Å². The van der Waals surface area contributed by atoms with Crippen molar-refractivity contribution in [3.8, 4) is 0 Å². The van der Waals surface area contributed by atoms with E-state index < -0.39 is 11.7 Å². The first-order valence-corrected chi connectivity index (χ1v) is 10.2. The van der Waals surface area contributed by atoms with Gasteiger partial charge in [-0.25, -0.2) is 0 Å². The summed E-state index contributed by atoms with van der Waals surface area (Å²) in [6.45, 7) is 8.05. The highest BCUT2D eigenvalue weighted by Crippen LogP contribution is 2.36. The van der Waals surface area contributed by atoms with Gasteiger partial charge in [0.15, 0.2) is 0 Å². The van der Waals surface area contributed by atoms with Crippen molar-refractivity contribution in [1.82, 2.24) is 9.80 Å². The number of nitrogens with zero attached hydrogens (tertiary/aromatic N) is 3. The van der Waals surface area contributed by atoms with Crippen LogP contribution in [0.15, 0.2) is 24.3 Å². The number of ketones is 1. The average Bonchev–Trinajstić information content (AvgIpc) is 2.67. The van der Waals surface area contributed by atoms with Crippen molar-refractivity contribution in [2.75, 3.05) is 57.3 Å². The summed E-state index contributed by atoms with van der Waals surface area (Å²) in [5.74, 6) is 0.913. The van der Waals surface area contributed by atoms with Crippen molar-refractivity contribution in [2.45, 2.75) is 32.4 Å². The Morgan fingerprint density at radius 1 is 1.00 bits per heavy atom. The van der Waals surface area contributed by atoms with Gasteiger partial charge in [-0.2, -0.15) is 13.2 Å². The van der Waals surface area contributed by atoms with Crippen LogP contribution in [0.25, 0.3) is 0 Å². The van der Waals surface area contributed by atoms with Gasteiger partial charge < -0.3 is 4.90 Å². The molecule has 0 spiro atoms. The van der Waals surface area contributed by atoms with Gasteiger partial charge in [-0.15, -0.1) is 0 Å². The van der Waals surface area contributed by atoms with Crippen molar-refractivity contribution in [3.05, 3.63) is 29.8 Å². The molecular formula is C21H30F3N3O. The molecule has 2 aliphatic rings. The Hall–Kier alpha value is -1.60. The number of benzene rings is 1. The number of carbonyl (C=O) groups excluding carboxylic acids is 1. The van der Waals surface area contributed by atoms with E-state index >= 15 is 0 Å². The molecule has 7 heteroatoms. The van der Waals surface area contributed by atoms with Crippen LogP contribution in [-0.2, 0) is 11.0 Å². The smallest absolute Gasteiger partial charge is 0.368 e. The zero-order valence-electron chi connectivity index (χ0n) is 16.5. The van der Waals surface area contributed by atoms with Gasteiger partial charge in [0.1, 0.15) is 5.78 Å². The molecule has 0 aromatic heterocycles. The van der Waals surface area contributed by atoms with Crippen molar-refractivity contribution < 1.29 is 18.0 Å². The van der Waals surface area contributed by atoms with Crippen molar-refractivity contribution in [3.63, 3.8) is 0 Å². The molecule has 4 nitrogen and oxygen atoms in total. The van der Waals surface area contributed by atoms with E-state index in [1.807, 2.05) is 4.90 Å². The molecule has 2 aliphatic heterocycles. The molecule has 0 atom stereocenters. The summed E-state index contributed by atoms with van der Waals surface area (Å²) in [5.41, 5.74) is -0.242. The minimum absolute atomic E-state index is 0.225. The van der Waals surface area contributed by atoms with Gasteiger partial charge in [-0.3, -0.25) is 14.6 Å². The van der Waals surface area contributed by atoms with Gasteiger partial charge in [0, 0.05) is 31.9 Å². The summed E-state index contributed by atoms with van der Waals surface area (Å²) >= 11 is 0. The summed E-state index contributed by atoms with van der Waals surface area (Å²) < 4.78 is 39.7. The number of alkyl halides is 3. The number of anilines is 1. The fraction of sp³-hybridized carbons (Fsp3) is 0.667. The molecule has 0 saturated carbocycles. The van der Waals surface area contributed by atoms with Crippen LogP contribution in [-0.4, -0.2) is 67.9 Å². The third kappa shape index (κ3) is 5.70. The Morgan fingerprint density at radius 3 is 2.25 bits per heavy atom. The number of Topliss-reactive ketones (excluding diaryl/α,β-unsaturated/α-hetero) is 1. The normalized spacial score (nSPS) is 20.5. The van der Waals surface area contributed by atoms with Crippen LogP contribution in [0.3, 0.4) is 0 Å². The second-order valence-corrected chi connectivity index (χ2v) is 8.05. The second kappa shape index (κ2) is 9.27. The monoisotopic (exact) mass is 397 g/mol. The highest BCUT2D eigenvalue weighted by atomic mass is 19.4. The lowest BCUT2D eigenvalue weighted by molar-refractivity contribution is -0.137. The Morgan fingerprint density at radius 2 is 1.64 bits per heavy atom. The molecule has 1 aromatic rings. The Kier molecular flexibility index (Phi) is 6.99. The lowest BCUT2D eigenvalue weighted by atomic mass is 9.93. The summed E-state index contributed by atoms with van der Waals surface area (Å²) in [4.78, 5) is 17.7. The number of hydrogen-bond acceptors (Lipinski definition) is 4. The fourth-order valence-electron chi connectivity index (χ4n) is 4.31. The first-order chi connectivity index (χ1) is 13.3. The standard InChI is InChI=1S/C21H30F3N3O/c1-17(28)16-26-10-7-18(8-11-26)6-9-25-12-14-27(15-13-25)20-5-3-2-4-19(20)21(22,23)24/h2-5,18H,6-16H2,1H3. The molecular weight excluding hydrogens is 367 g/mol. The maximum Gasteiger partial charge on any atom is 0.418 e. The largest absolute Gasteiger partial charge is 0.418 e. The van der Waals surface area contributed by atoms with Crippen LogP contribution < -0.4 is 4.90 Å². The first kappa shape index (κ1) is 21.1. The van der Waals surface area contributed by atoms with Gasteiger partial charge in [-0.1, -0.05) is 12.1 Å². The quantitative estimate of drug-likeness (QED) is 0.734. The zero-order valence-corrected chi connectivity index (χ0v) is 16.5. The van der Waals surface area contributed by atoms with Gasteiger partial charge in [0.2, 0.25) is 0 Å². The van der Waals surface area contributed by atoms with E-state index in [1.54, 1.807) is 19.1 Å². The number of rotatable bonds is 6. The van der Waals surface area contributed by atoms with Crippen molar-refractivity contribution in [2.24, 2.45) is 5.92 Å². The van der Waals surface area contributed by atoms with E-state index in [2.05, 4.69) is 9.80 Å². The SMILES string of the molecule is CC(=O)CN1CCC(CCN2CCN(c3ccccc3C(F)(F)F)CC2)CC1. The van der Waals surface area contributed by atoms with Crippen molar-refractivity contribution in [1.29, 1.82) is 0 Å². The van der Waals surface area contributed by atoms with Gasteiger partial charge in [0.05, 0.1) is 12.1 Å². The summed E-state index contributed by atoms with van der Waals surface area (Å²) in [7, 11) is 0. The topological polar surface area (TPSA) is 26.8 Å². The lowest BCUT2D eigenvalue weighted by Crippen LogP contribution is -2.47. The predicted octanol–water partition coefficient (Wildman–Crippen LogP) is 3.52. The molecule has 2 fully saturated rings. The van der Waals surface area contributed by atoms with Crippen LogP contribution >= 0.6 is 0 Å². The van der Waals surface area contributed by atoms with Crippen LogP contribution in [0.2, 0.25) is 0 Å². The van der Waals surface area contributed by atoms with E-state index in [-0.39, 0.29) is 5.78 Å².